The first kappa shape index (κ1) is 23.0. The molecule has 6 heteroatoms. The van der Waals surface area contributed by atoms with Crippen LogP contribution in [0.1, 0.15) is 38.7 Å². The Balaban J connectivity index is 0.00000338. The summed E-state index contributed by atoms with van der Waals surface area (Å²) in [7, 11) is 1.80. The molecule has 1 aliphatic rings. The van der Waals surface area contributed by atoms with E-state index in [0.29, 0.717) is 0 Å². The Bertz CT molecular complexity index is 516. The van der Waals surface area contributed by atoms with E-state index in [1.165, 1.54) is 18.4 Å². The highest BCUT2D eigenvalue weighted by Gasteiger charge is 2.20. The smallest absolute Gasteiger partial charge is 0.190 e. The molecule has 5 nitrogen and oxygen atoms in total. The number of ether oxygens (including phenoxy) is 2. The third kappa shape index (κ3) is 10.2. The van der Waals surface area contributed by atoms with Crippen molar-refractivity contribution in [2.45, 2.75) is 45.6 Å². The van der Waals surface area contributed by atoms with Crippen molar-refractivity contribution in [3.05, 3.63) is 29.8 Å². The zero-order chi connectivity index (χ0) is 17.9. The van der Waals surface area contributed by atoms with E-state index in [-0.39, 0.29) is 30.1 Å². The van der Waals surface area contributed by atoms with Crippen molar-refractivity contribution in [1.29, 1.82) is 0 Å². The number of hydrogen-bond donors (Lipinski definition) is 2. The molecule has 1 aromatic carbocycles. The highest BCUT2D eigenvalue weighted by molar-refractivity contribution is 14.0. The van der Waals surface area contributed by atoms with E-state index >= 15 is 0 Å². The SMILES string of the molecule is CN=C(NCCCOCC1CC1)NCCc1ccc(OC(C)C)cc1.I. The highest BCUT2D eigenvalue weighted by atomic mass is 127. The van der Waals surface area contributed by atoms with Crippen molar-refractivity contribution in [3.63, 3.8) is 0 Å². The largest absolute Gasteiger partial charge is 0.491 e. The average Bonchev–Trinajstić information content (AvgIpc) is 3.41. The quantitative estimate of drug-likeness (QED) is 0.222. The Morgan fingerprint density at radius 2 is 1.85 bits per heavy atom. The maximum atomic E-state index is 5.66. The summed E-state index contributed by atoms with van der Waals surface area (Å²) < 4.78 is 11.3. The van der Waals surface area contributed by atoms with Crippen LogP contribution in [0.4, 0.5) is 0 Å². The van der Waals surface area contributed by atoms with Crippen molar-refractivity contribution in [3.8, 4) is 5.75 Å². The molecule has 2 rings (SSSR count). The Morgan fingerprint density at radius 3 is 2.46 bits per heavy atom. The second-order valence-corrected chi connectivity index (χ2v) is 6.86. The lowest BCUT2D eigenvalue weighted by Crippen LogP contribution is -2.39. The fraction of sp³-hybridized carbons (Fsp3) is 0.650. The van der Waals surface area contributed by atoms with Crippen LogP contribution in [0.5, 0.6) is 5.75 Å². The molecule has 26 heavy (non-hydrogen) atoms. The number of guanidine groups is 1. The summed E-state index contributed by atoms with van der Waals surface area (Å²) in [6.07, 6.45) is 4.86. The monoisotopic (exact) mass is 475 g/mol. The molecule has 0 saturated heterocycles. The van der Waals surface area contributed by atoms with E-state index in [1.807, 2.05) is 26.0 Å². The van der Waals surface area contributed by atoms with E-state index in [0.717, 1.165) is 56.8 Å². The summed E-state index contributed by atoms with van der Waals surface area (Å²) >= 11 is 0. The Labute approximate surface area is 175 Å². The van der Waals surface area contributed by atoms with Crippen molar-refractivity contribution in [1.82, 2.24) is 10.6 Å². The minimum Gasteiger partial charge on any atom is -0.491 e. The Hall–Kier alpha value is -1.02. The first-order chi connectivity index (χ1) is 12.2. The average molecular weight is 475 g/mol. The van der Waals surface area contributed by atoms with Gasteiger partial charge in [-0.3, -0.25) is 4.99 Å². The molecule has 1 aromatic rings. The zero-order valence-electron chi connectivity index (χ0n) is 16.3. The molecule has 1 saturated carbocycles. The fourth-order valence-corrected chi connectivity index (χ4v) is 2.47. The number of nitrogens with one attached hydrogen (secondary N) is 2. The second-order valence-electron chi connectivity index (χ2n) is 6.86. The summed E-state index contributed by atoms with van der Waals surface area (Å²) in [6.45, 7) is 7.57. The molecular formula is C20H34IN3O2. The predicted octanol–water partition coefficient (Wildman–Crippen LogP) is 3.62. The van der Waals surface area contributed by atoms with E-state index < -0.39 is 0 Å². The summed E-state index contributed by atoms with van der Waals surface area (Å²) in [5.74, 6) is 2.61. The lowest BCUT2D eigenvalue weighted by atomic mass is 10.1. The number of hydrogen-bond acceptors (Lipinski definition) is 3. The van der Waals surface area contributed by atoms with Crippen molar-refractivity contribution >= 4 is 29.9 Å². The van der Waals surface area contributed by atoms with Crippen LogP contribution in [0.3, 0.4) is 0 Å². The lowest BCUT2D eigenvalue weighted by molar-refractivity contribution is 0.123. The molecule has 0 heterocycles. The maximum absolute atomic E-state index is 5.66. The van der Waals surface area contributed by atoms with Crippen LogP contribution in [0.15, 0.2) is 29.3 Å². The standard InChI is InChI=1S/C20H33N3O2.HI/c1-16(2)25-19-9-7-17(8-10-19)11-13-23-20(21-3)22-12-4-14-24-15-18-5-6-18;/h7-10,16,18H,4-6,11-15H2,1-3H3,(H2,21,22,23);1H. The van der Waals surface area contributed by atoms with E-state index in [1.54, 1.807) is 7.05 Å². The minimum absolute atomic E-state index is 0. The van der Waals surface area contributed by atoms with Gasteiger partial charge in [0.1, 0.15) is 5.75 Å². The molecule has 0 spiro atoms. The number of rotatable bonds is 11. The van der Waals surface area contributed by atoms with Crippen molar-refractivity contribution in [2.75, 3.05) is 33.4 Å². The maximum Gasteiger partial charge on any atom is 0.190 e. The topological polar surface area (TPSA) is 54.9 Å². The van der Waals surface area contributed by atoms with Gasteiger partial charge < -0.3 is 20.1 Å². The van der Waals surface area contributed by atoms with Crippen LogP contribution in [0.2, 0.25) is 0 Å². The van der Waals surface area contributed by atoms with Crippen LogP contribution in [-0.4, -0.2) is 45.4 Å². The van der Waals surface area contributed by atoms with Gasteiger partial charge in [-0.1, -0.05) is 12.1 Å². The summed E-state index contributed by atoms with van der Waals surface area (Å²) in [5.41, 5.74) is 1.28. The fourth-order valence-electron chi connectivity index (χ4n) is 2.47. The summed E-state index contributed by atoms with van der Waals surface area (Å²) in [6, 6.07) is 8.30. The Kier molecular flexibility index (Phi) is 11.7. The number of benzene rings is 1. The van der Waals surface area contributed by atoms with Crippen LogP contribution in [-0.2, 0) is 11.2 Å². The molecule has 0 unspecified atom stereocenters. The van der Waals surface area contributed by atoms with Crippen LogP contribution in [0.25, 0.3) is 0 Å². The van der Waals surface area contributed by atoms with Crippen LogP contribution in [0, 0.1) is 5.92 Å². The first-order valence-corrected chi connectivity index (χ1v) is 9.45. The van der Waals surface area contributed by atoms with Gasteiger partial charge in [-0.2, -0.15) is 0 Å². The normalized spacial score (nSPS) is 14.1. The second kappa shape index (κ2) is 13.2. The van der Waals surface area contributed by atoms with E-state index in [4.69, 9.17) is 9.47 Å². The zero-order valence-corrected chi connectivity index (χ0v) is 18.6. The number of halogens is 1. The first-order valence-electron chi connectivity index (χ1n) is 9.45. The molecule has 0 amide bonds. The molecule has 0 atom stereocenters. The van der Waals surface area contributed by atoms with Gasteiger partial charge in [-0.15, -0.1) is 24.0 Å². The predicted molar refractivity (Wildman–Crippen MR) is 119 cm³/mol. The summed E-state index contributed by atoms with van der Waals surface area (Å²) in [5, 5.41) is 6.68. The van der Waals surface area contributed by atoms with Gasteiger partial charge in [-0.25, -0.2) is 0 Å². The van der Waals surface area contributed by atoms with E-state index in [2.05, 4.69) is 27.8 Å². The van der Waals surface area contributed by atoms with Gasteiger partial charge in [0.05, 0.1) is 6.10 Å². The van der Waals surface area contributed by atoms with Gasteiger partial charge in [-0.05, 0) is 63.1 Å². The molecule has 2 N–H and O–H groups in total. The van der Waals surface area contributed by atoms with Crippen molar-refractivity contribution in [2.24, 2.45) is 10.9 Å². The van der Waals surface area contributed by atoms with E-state index in [9.17, 15) is 0 Å². The highest BCUT2D eigenvalue weighted by Crippen LogP contribution is 2.28. The van der Waals surface area contributed by atoms with Gasteiger partial charge in [0, 0.05) is 33.4 Å². The number of aliphatic imine (C=N–C) groups is 1. The van der Waals surface area contributed by atoms with Crippen LogP contribution >= 0.6 is 24.0 Å². The third-order valence-corrected chi connectivity index (χ3v) is 4.03. The van der Waals surface area contributed by atoms with Gasteiger partial charge in [0.2, 0.25) is 0 Å². The minimum atomic E-state index is 0. The molecule has 0 radical (unpaired) electrons. The third-order valence-electron chi connectivity index (χ3n) is 4.03. The summed E-state index contributed by atoms with van der Waals surface area (Å²) in [4.78, 5) is 4.26. The molecule has 1 fully saturated rings. The molecule has 0 aromatic heterocycles. The van der Waals surface area contributed by atoms with Gasteiger partial charge in [0.25, 0.3) is 0 Å². The van der Waals surface area contributed by atoms with Gasteiger partial charge >= 0.3 is 0 Å². The molecule has 0 bridgehead atoms. The molecule has 148 valence electrons. The lowest BCUT2D eigenvalue weighted by Gasteiger charge is -2.13. The molecule has 1 aliphatic carbocycles. The number of nitrogens with zero attached hydrogens (tertiary/aromatic N) is 1. The molecular weight excluding hydrogens is 441 g/mol. The molecule has 0 aliphatic heterocycles. The Morgan fingerprint density at radius 1 is 1.15 bits per heavy atom. The van der Waals surface area contributed by atoms with Crippen LogP contribution < -0.4 is 15.4 Å². The van der Waals surface area contributed by atoms with Crippen molar-refractivity contribution < 1.29 is 9.47 Å². The van der Waals surface area contributed by atoms with Gasteiger partial charge in [0.15, 0.2) is 5.96 Å².